The van der Waals surface area contributed by atoms with E-state index in [9.17, 15) is 0 Å². The Morgan fingerprint density at radius 3 is 0.596 bits per heavy atom. The summed E-state index contributed by atoms with van der Waals surface area (Å²) in [4.78, 5) is 9.97. The molecule has 0 saturated carbocycles. The summed E-state index contributed by atoms with van der Waals surface area (Å²) >= 11 is 0. The average Bonchev–Trinajstić information content (AvgIpc) is 1.58. The van der Waals surface area contributed by atoms with Gasteiger partial charge in [-0.05, 0) is 302 Å². The number of hydrogen-bond acceptors (Lipinski definition) is 4. The lowest BCUT2D eigenvalue weighted by Gasteiger charge is -2.40. The van der Waals surface area contributed by atoms with Gasteiger partial charge in [0.15, 0.2) is 0 Å². The molecule has 0 atom stereocenters. The molecular weight excluding hydrogens is 1760 g/mol. The Morgan fingerprint density at radius 1 is 0.130 bits per heavy atom. The van der Waals surface area contributed by atoms with Crippen LogP contribution in [-0.2, 0) is 10.8 Å². The summed E-state index contributed by atoms with van der Waals surface area (Å²) in [5.74, 6) is 0. The molecule has 0 fully saturated rings. The first kappa shape index (κ1) is 98.4. The van der Waals surface area contributed by atoms with Crippen LogP contribution in [0.3, 0.4) is 0 Å². The van der Waals surface area contributed by atoms with E-state index in [1.165, 1.54) is 201 Å². The van der Waals surface area contributed by atoms with Gasteiger partial charge in [-0.3, -0.25) is 0 Å². The fourth-order valence-corrected chi connectivity index (χ4v) is 21.6. The monoisotopic (exact) mass is 1890 g/mol. The molecule has 0 heterocycles. The van der Waals surface area contributed by atoms with Gasteiger partial charge in [0.2, 0.25) is 0 Å². The van der Waals surface area contributed by atoms with Gasteiger partial charge in [-0.1, -0.05) is 452 Å². The summed E-state index contributed by atoms with van der Waals surface area (Å²) in [5, 5.41) is 0. The molecule has 4 heteroatoms. The molecule has 0 unspecified atom stereocenters. The average molecular weight is 1890 g/mol. The van der Waals surface area contributed by atoms with Crippen LogP contribution in [0.25, 0.3) is 134 Å². The molecule has 4 nitrogen and oxygen atoms in total. The molecular formula is C142H132N4. The maximum atomic E-state index is 2.53. The molecule has 2 aliphatic carbocycles. The smallest absolute Gasteiger partial charge is 0.0501 e. The lowest BCUT2D eigenvalue weighted by molar-refractivity contribution is 0.559. The van der Waals surface area contributed by atoms with E-state index >= 15 is 0 Å². The van der Waals surface area contributed by atoms with Crippen LogP contribution in [0.15, 0.2) is 510 Å². The van der Waals surface area contributed by atoms with Gasteiger partial charge in [-0.2, -0.15) is 0 Å². The summed E-state index contributed by atoms with van der Waals surface area (Å²) < 4.78 is 0. The summed E-state index contributed by atoms with van der Waals surface area (Å²) in [5.41, 5.74) is 44.6. The lowest BCUT2D eigenvalue weighted by Crippen LogP contribution is -2.38. The minimum Gasteiger partial charge on any atom is -0.336 e. The summed E-state index contributed by atoms with van der Waals surface area (Å²) in [7, 11) is 0. The predicted octanol–water partition coefficient (Wildman–Crippen LogP) is 39.8. The van der Waals surface area contributed by atoms with Crippen LogP contribution in [0.2, 0.25) is 0 Å². The van der Waals surface area contributed by atoms with Crippen molar-refractivity contribution in [2.75, 3.05) is 19.6 Å². The minimum atomic E-state index is -0.150. The van der Waals surface area contributed by atoms with Gasteiger partial charge in [-0.15, -0.1) is 0 Å². The van der Waals surface area contributed by atoms with Crippen molar-refractivity contribution < 1.29 is 0 Å². The number of anilines is 8. The molecule has 0 aromatic heterocycles. The number of benzene rings is 20. The maximum absolute atomic E-state index is 2.53. The molecule has 0 radical (unpaired) electrons. The topological polar surface area (TPSA) is 13.0 Å². The van der Waals surface area contributed by atoms with Crippen molar-refractivity contribution in [2.24, 2.45) is 0 Å². The highest BCUT2D eigenvalue weighted by atomic mass is 15.2. The zero-order chi connectivity index (χ0) is 101. The highest BCUT2D eigenvalue weighted by Crippen LogP contribution is 2.55. The Labute approximate surface area is 868 Å². The Morgan fingerprint density at radius 2 is 0.315 bits per heavy atom. The SMILES string of the molecule is CC(C)(C)N(c1ccc(-c2ccccc2)cc1)c1cc(-c2ccccc2)ccc1-c1ccccc1.CC(C)(C)N(c1ccc(-c2ccccc2)cc1)c1ccc(-c2ccccc2)cc1-c1ccccc1.CC1(C)c2ccccc2-c2ccc(N(c3cc(-c4ccccc4)ccc3-c3ccccc3)C(C)(C)C)cc21.CC1(C)c2ccccc2-c2ccc(N(c3ccc(-c4ccccc4)cc3-c3ccccc3)C(C)(C)C)cc21. The second-order valence-electron chi connectivity index (χ2n) is 43.5. The normalized spacial score (nSPS) is 12.5. The highest BCUT2D eigenvalue weighted by Gasteiger charge is 2.40. The number of nitrogens with zero attached hydrogens (tertiary/aromatic N) is 4. The predicted molar refractivity (Wildman–Crippen MR) is 629 cm³/mol. The van der Waals surface area contributed by atoms with Gasteiger partial charge in [0, 0.05) is 89.4 Å². The molecule has 0 saturated heterocycles. The van der Waals surface area contributed by atoms with Crippen LogP contribution in [0, 0.1) is 0 Å². The van der Waals surface area contributed by atoms with E-state index < -0.39 is 0 Å². The van der Waals surface area contributed by atoms with Crippen LogP contribution < -0.4 is 19.6 Å². The zero-order valence-corrected chi connectivity index (χ0v) is 87.3. The van der Waals surface area contributed by atoms with E-state index in [1.54, 1.807) is 0 Å². The zero-order valence-electron chi connectivity index (χ0n) is 87.3. The third kappa shape index (κ3) is 21.1. The fraction of sp³-hybridized carbons (Fsp3) is 0.155. The van der Waals surface area contributed by atoms with Crippen LogP contribution in [0.1, 0.15) is 133 Å². The molecule has 0 bridgehead atoms. The summed E-state index contributed by atoms with van der Waals surface area (Å²) in [6.07, 6.45) is 0. The van der Waals surface area contributed by atoms with Gasteiger partial charge in [-0.25, -0.2) is 0 Å². The van der Waals surface area contributed by atoms with Crippen molar-refractivity contribution in [3.05, 3.63) is 532 Å². The third-order valence-corrected chi connectivity index (χ3v) is 28.5. The Kier molecular flexibility index (Phi) is 28.2. The first-order valence-electron chi connectivity index (χ1n) is 51.5. The molecule has 20 aromatic carbocycles. The second-order valence-corrected chi connectivity index (χ2v) is 43.5. The van der Waals surface area contributed by atoms with Gasteiger partial charge in [0.1, 0.15) is 0 Å². The maximum Gasteiger partial charge on any atom is 0.0501 e. The van der Waals surface area contributed by atoms with Crippen LogP contribution in [-0.4, -0.2) is 22.2 Å². The highest BCUT2D eigenvalue weighted by molar-refractivity contribution is 5.95. The van der Waals surface area contributed by atoms with Crippen LogP contribution in [0.5, 0.6) is 0 Å². The van der Waals surface area contributed by atoms with Crippen molar-refractivity contribution >= 4 is 45.5 Å². The third-order valence-electron chi connectivity index (χ3n) is 28.5. The van der Waals surface area contributed by atoms with Gasteiger partial charge >= 0.3 is 0 Å². The molecule has 0 aliphatic heterocycles. The summed E-state index contributed by atoms with van der Waals surface area (Å²) in [6.45, 7) is 36.9. The first-order valence-corrected chi connectivity index (χ1v) is 51.5. The van der Waals surface area contributed by atoms with Crippen molar-refractivity contribution in [1.82, 2.24) is 0 Å². The van der Waals surface area contributed by atoms with Crippen molar-refractivity contribution in [3.8, 4) is 134 Å². The molecule has 0 amide bonds. The molecule has 0 N–H and O–H groups in total. The quantitative estimate of drug-likeness (QED) is 0.0849. The number of rotatable bonds is 18. The molecule has 22 rings (SSSR count). The minimum absolute atomic E-state index is 0.0368. The van der Waals surface area contributed by atoms with E-state index in [0.29, 0.717) is 0 Å². The first-order chi connectivity index (χ1) is 70.5. The molecule has 2 aliphatic rings. The standard InChI is InChI=1S/2C37H35N.2C34H31N/c1-36(2,3)38(29-21-22-31-30-18-12-13-19-33(30)37(4,5)34(31)25-29)35-23-20-28(26-14-8-6-9-15-26)24-32(35)27-16-10-7-11-17-27;1-36(2,3)38(29-21-23-32-31-18-12-13-19-33(31)37(4,5)34(32)25-29)35-24-28(26-14-8-6-9-15-26)20-22-30(35)27-16-10-7-11-17-27;1-34(2,3)35(31-22-19-28(20-23-31)26-13-7-4-8-14-26)33-24-21-30(27-15-9-5-10-16-27)25-32(33)29-17-11-6-12-18-29;1-34(2,3)35(31-22-19-28(20-23-31)26-13-7-4-8-14-26)33-25-30(27-15-9-5-10-16-27)21-24-32(33)29-17-11-6-12-18-29/h2*6-25H,1-5H3;2*4-25H,1-3H3. The Hall–Kier alpha value is -16.4. The number of fused-ring (bicyclic) bond motifs is 6. The van der Waals surface area contributed by atoms with Gasteiger partial charge < -0.3 is 19.6 Å². The van der Waals surface area contributed by atoms with Crippen molar-refractivity contribution in [3.63, 3.8) is 0 Å². The van der Waals surface area contributed by atoms with E-state index in [2.05, 4.69) is 640 Å². The molecule has 0 spiro atoms. The Bertz CT molecular complexity index is 7850. The van der Waals surface area contributed by atoms with E-state index in [4.69, 9.17) is 0 Å². The second kappa shape index (κ2) is 41.9. The van der Waals surface area contributed by atoms with Crippen LogP contribution in [0.4, 0.5) is 45.5 Å². The number of hydrogen-bond donors (Lipinski definition) is 0. The molecule has 720 valence electrons. The van der Waals surface area contributed by atoms with Gasteiger partial charge in [0.25, 0.3) is 0 Å². The van der Waals surface area contributed by atoms with Crippen molar-refractivity contribution in [1.29, 1.82) is 0 Å². The fourth-order valence-electron chi connectivity index (χ4n) is 21.6. The molecule has 146 heavy (non-hydrogen) atoms. The largest absolute Gasteiger partial charge is 0.336 e. The lowest BCUT2D eigenvalue weighted by atomic mass is 9.82. The Balaban J connectivity index is 0.000000123. The van der Waals surface area contributed by atoms with E-state index in [1.807, 2.05) is 0 Å². The van der Waals surface area contributed by atoms with Crippen LogP contribution >= 0.6 is 0 Å². The molecule has 20 aromatic rings. The summed E-state index contributed by atoms with van der Waals surface area (Å²) in [6, 6.07) is 184. The van der Waals surface area contributed by atoms with Crippen molar-refractivity contribution in [2.45, 2.75) is 144 Å². The van der Waals surface area contributed by atoms with E-state index in [0.717, 1.165) is 0 Å². The van der Waals surface area contributed by atoms with E-state index in [-0.39, 0.29) is 33.0 Å². The van der Waals surface area contributed by atoms with Gasteiger partial charge in [0.05, 0.1) is 11.4 Å².